The van der Waals surface area contributed by atoms with Gasteiger partial charge in [-0.2, -0.15) is 9.61 Å². The maximum atomic E-state index is 13.4. The Morgan fingerprint density at radius 2 is 1.76 bits per heavy atom. The van der Waals surface area contributed by atoms with Crippen molar-refractivity contribution in [1.82, 2.24) is 14.6 Å². The summed E-state index contributed by atoms with van der Waals surface area (Å²) in [6, 6.07) is 19.7. The average Bonchev–Trinajstić information content (AvgIpc) is 3.21. The van der Waals surface area contributed by atoms with Crippen LogP contribution in [-0.4, -0.2) is 20.5 Å². The number of amides is 1. The van der Waals surface area contributed by atoms with Gasteiger partial charge in [0.1, 0.15) is 5.51 Å². The second-order valence-corrected chi connectivity index (χ2v) is 6.50. The zero-order valence-electron chi connectivity index (χ0n) is 13.7. The first-order chi connectivity index (χ1) is 12.2. The van der Waals surface area contributed by atoms with E-state index in [1.54, 1.807) is 14.9 Å². The summed E-state index contributed by atoms with van der Waals surface area (Å²) in [7, 11) is 0. The van der Waals surface area contributed by atoms with Gasteiger partial charge < -0.3 is 4.90 Å². The summed E-state index contributed by atoms with van der Waals surface area (Å²) in [5, 5.41) is 4.27. The summed E-state index contributed by atoms with van der Waals surface area (Å²) in [6.07, 6.45) is 0. The predicted octanol–water partition coefficient (Wildman–Crippen LogP) is 3.95. The van der Waals surface area contributed by atoms with E-state index in [4.69, 9.17) is 0 Å². The molecule has 1 amide bonds. The van der Waals surface area contributed by atoms with Gasteiger partial charge in [-0.1, -0.05) is 59.9 Å². The lowest BCUT2D eigenvalue weighted by molar-refractivity contribution is 0.0978. The molecule has 0 saturated carbocycles. The highest BCUT2D eigenvalue weighted by atomic mass is 32.1. The number of rotatable bonds is 4. The molecular formula is C19H16N4OS. The minimum atomic E-state index is -0.106. The molecule has 0 aliphatic heterocycles. The minimum absolute atomic E-state index is 0.106. The molecule has 2 heterocycles. The molecule has 0 spiro atoms. The van der Waals surface area contributed by atoms with Crippen molar-refractivity contribution in [2.75, 3.05) is 4.90 Å². The van der Waals surface area contributed by atoms with E-state index in [-0.39, 0.29) is 5.91 Å². The average molecular weight is 348 g/mol. The normalized spacial score (nSPS) is 10.9. The number of hydrogen-bond acceptors (Lipinski definition) is 4. The van der Waals surface area contributed by atoms with E-state index in [1.165, 1.54) is 11.3 Å². The second kappa shape index (κ2) is 6.49. The molecule has 2 aromatic carbocycles. The first-order valence-electron chi connectivity index (χ1n) is 7.93. The molecule has 124 valence electrons. The molecule has 0 atom stereocenters. The molecule has 25 heavy (non-hydrogen) atoms. The maximum Gasteiger partial charge on any atom is 0.279 e. The summed E-state index contributed by atoms with van der Waals surface area (Å²) in [5.74, 6) is -0.106. The number of hydrogen-bond donors (Lipinski definition) is 0. The number of aromatic nitrogens is 3. The summed E-state index contributed by atoms with van der Waals surface area (Å²) >= 11 is 1.42. The van der Waals surface area contributed by atoms with Crippen LogP contribution in [0.5, 0.6) is 0 Å². The van der Waals surface area contributed by atoms with E-state index in [0.717, 1.165) is 16.2 Å². The van der Waals surface area contributed by atoms with Gasteiger partial charge in [-0.05, 0) is 24.6 Å². The van der Waals surface area contributed by atoms with E-state index < -0.39 is 0 Å². The van der Waals surface area contributed by atoms with Crippen LogP contribution in [-0.2, 0) is 6.54 Å². The molecule has 0 fully saturated rings. The minimum Gasteiger partial charge on any atom is -0.303 e. The molecule has 6 heteroatoms. The maximum absolute atomic E-state index is 13.4. The van der Waals surface area contributed by atoms with E-state index >= 15 is 0 Å². The highest BCUT2D eigenvalue weighted by Crippen LogP contribution is 2.23. The van der Waals surface area contributed by atoms with E-state index in [2.05, 4.69) is 10.1 Å². The van der Waals surface area contributed by atoms with Crippen LogP contribution in [0.4, 0.5) is 5.69 Å². The Morgan fingerprint density at radius 3 is 2.48 bits per heavy atom. The Kier molecular flexibility index (Phi) is 4.03. The lowest BCUT2D eigenvalue weighted by Crippen LogP contribution is -2.32. The Balaban J connectivity index is 1.78. The first kappa shape index (κ1) is 15.5. The lowest BCUT2D eigenvalue weighted by Gasteiger charge is -2.23. The standard InChI is InChI=1S/C19H16N4OS/c1-14-17(23-19(21-14)25-13-20-23)18(24)22(16-10-6-3-7-11-16)12-15-8-4-2-5-9-15/h2-11,13H,12H2,1H3. The number of aryl methyl sites for hydroxylation is 1. The first-order valence-corrected chi connectivity index (χ1v) is 8.81. The Morgan fingerprint density at radius 1 is 1.08 bits per heavy atom. The van der Waals surface area contributed by atoms with Crippen molar-refractivity contribution in [2.45, 2.75) is 13.5 Å². The highest BCUT2D eigenvalue weighted by Gasteiger charge is 2.25. The number of fused-ring (bicyclic) bond motifs is 1. The van der Waals surface area contributed by atoms with Crippen LogP contribution in [0.2, 0.25) is 0 Å². The van der Waals surface area contributed by atoms with Crippen molar-refractivity contribution in [1.29, 1.82) is 0 Å². The summed E-state index contributed by atoms with van der Waals surface area (Å²) in [6.45, 7) is 2.33. The van der Waals surface area contributed by atoms with Gasteiger partial charge in [-0.25, -0.2) is 4.98 Å². The van der Waals surface area contributed by atoms with Crippen LogP contribution >= 0.6 is 11.3 Å². The van der Waals surface area contributed by atoms with Crippen molar-refractivity contribution in [3.05, 3.63) is 83.1 Å². The van der Waals surface area contributed by atoms with Crippen LogP contribution in [0, 0.1) is 6.92 Å². The zero-order valence-corrected chi connectivity index (χ0v) is 14.5. The molecule has 0 aliphatic rings. The SMILES string of the molecule is Cc1nc2scnn2c1C(=O)N(Cc1ccccc1)c1ccccc1. The van der Waals surface area contributed by atoms with Gasteiger partial charge >= 0.3 is 0 Å². The van der Waals surface area contributed by atoms with E-state index in [9.17, 15) is 4.79 Å². The Bertz CT molecular complexity index is 1010. The van der Waals surface area contributed by atoms with Crippen LogP contribution in [0.1, 0.15) is 21.7 Å². The molecule has 0 saturated heterocycles. The topological polar surface area (TPSA) is 50.5 Å². The lowest BCUT2D eigenvalue weighted by atomic mass is 10.1. The monoisotopic (exact) mass is 348 g/mol. The largest absolute Gasteiger partial charge is 0.303 e. The molecule has 0 aliphatic carbocycles. The molecule has 4 aromatic rings. The van der Waals surface area contributed by atoms with Gasteiger partial charge in [0.05, 0.1) is 12.2 Å². The van der Waals surface area contributed by atoms with Crippen LogP contribution < -0.4 is 4.90 Å². The number of carbonyl (C=O) groups is 1. The van der Waals surface area contributed by atoms with Gasteiger partial charge in [0.2, 0.25) is 4.96 Å². The third-order valence-electron chi connectivity index (χ3n) is 4.02. The quantitative estimate of drug-likeness (QED) is 0.561. The number of imidazole rings is 1. The predicted molar refractivity (Wildman–Crippen MR) is 99.0 cm³/mol. The third-order valence-corrected chi connectivity index (χ3v) is 4.69. The molecule has 2 aromatic heterocycles. The second-order valence-electron chi connectivity index (χ2n) is 5.69. The zero-order chi connectivity index (χ0) is 17.2. The smallest absolute Gasteiger partial charge is 0.279 e. The molecule has 0 N–H and O–H groups in total. The van der Waals surface area contributed by atoms with Crippen molar-refractivity contribution in [3.8, 4) is 0 Å². The van der Waals surface area contributed by atoms with Crippen LogP contribution in [0.15, 0.2) is 66.2 Å². The molecule has 0 radical (unpaired) electrons. The molecule has 4 rings (SSSR count). The van der Waals surface area contributed by atoms with Gasteiger partial charge in [0.25, 0.3) is 5.91 Å². The van der Waals surface area contributed by atoms with Crippen molar-refractivity contribution in [2.24, 2.45) is 0 Å². The van der Waals surface area contributed by atoms with Gasteiger partial charge in [-0.15, -0.1) is 0 Å². The van der Waals surface area contributed by atoms with Gasteiger partial charge in [-0.3, -0.25) is 4.79 Å². The van der Waals surface area contributed by atoms with Gasteiger partial charge in [0.15, 0.2) is 5.69 Å². The fourth-order valence-electron chi connectivity index (χ4n) is 2.82. The molecule has 0 bridgehead atoms. The Labute approximate surface area is 149 Å². The van der Waals surface area contributed by atoms with Crippen molar-refractivity contribution < 1.29 is 4.79 Å². The van der Waals surface area contributed by atoms with E-state index in [1.807, 2.05) is 67.6 Å². The fourth-order valence-corrected chi connectivity index (χ4v) is 3.49. The van der Waals surface area contributed by atoms with Crippen molar-refractivity contribution >= 4 is 27.9 Å². The fraction of sp³-hybridized carbons (Fsp3) is 0.105. The highest BCUT2D eigenvalue weighted by molar-refractivity contribution is 7.14. The summed E-state index contributed by atoms with van der Waals surface area (Å²) < 4.78 is 1.63. The molecule has 5 nitrogen and oxygen atoms in total. The number of anilines is 1. The number of para-hydroxylation sites is 1. The number of carbonyl (C=O) groups excluding carboxylic acids is 1. The van der Waals surface area contributed by atoms with Gasteiger partial charge in [0, 0.05) is 5.69 Å². The summed E-state index contributed by atoms with van der Waals surface area (Å²) in [5.41, 5.74) is 4.81. The Hall–Kier alpha value is -2.99. The van der Waals surface area contributed by atoms with E-state index in [0.29, 0.717) is 17.9 Å². The third kappa shape index (κ3) is 2.92. The van der Waals surface area contributed by atoms with Crippen LogP contribution in [0.3, 0.4) is 0 Å². The molecule has 0 unspecified atom stereocenters. The van der Waals surface area contributed by atoms with Crippen molar-refractivity contribution in [3.63, 3.8) is 0 Å². The summed E-state index contributed by atoms with van der Waals surface area (Å²) in [4.78, 5) is 20.3. The number of nitrogens with zero attached hydrogens (tertiary/aromatic N) is 4. The number of benzene rings is 2. The van der Waals surface area contributed by atoms with Crippen LogP contribution in [0.25, 0.3) is 4.96 Å². The molecular weight excluding hydrogens is 332 g/mol.